The number of benzene rings is 2. The minimum atomic E-state index is -0.683. The van der Waals surface area contributed by atoms with Crippen LogP contribution < -0.4 is 10.6 Å². The van der Waals surface area contributed by atoms with Crippen LogP contribution in [0.1, 0.15) is 62.3 Å². The zero-order chi connectivity index (χ0) is 31.2. The van der Waals surface area contributed by atoms with Gasteiger partial charge in [0.1, 0.15) is 11.9 Å². The topological polar surface area (TPSA) is 153 Å². The van der Waals surface area contributed by atoms with Crippen LogP contribution in [0.3, 0.4) is 0 Å². The van der Waals surface area contributed by atoms with Crippen LogP contribution in [0.15, 0.2) is 54.6 Å². The number of fused-ring (bicyclic) bond motifs is 1. The monoisotopic (exact) mass is 598 g/mol. The largest absolute Gasteiger partial charge is 0.345 e. The molecule has 0 radical (unpaired) electrons. The summed E-state index contributed by atoms with van der Waals surface area (Å²) in [6, 6.07) is 15.5. The van der Waals surface area contributed by atoms with Crippen LogP contribution in [0.5, 0.6) is 0 Å². The van der Waals surface area contributed by atoms with E-state index in [0.29, 0.717) is 55.5 Å². The van der Waals surface area contributed by atoms with E-state index in [-0.39, 0.29) is 30.1 Å². The van der Waals surface area contributed by atoms with Crippen molar-refractivity contribution in [1.82, 2.24) is 50.5 Å². The molecule has 2 aromatic carbocycles. The molecule has 0 saturated heterocycles. The molecule has 4 aromatic rings. The molecule has 3 heterocycles. The Morgan fingerprint density at radius 1 is 0.932 bits per heavy atom. The van der Waals surface area contributed by atoms with Crippen LogP contribution in [-0.2, 0) is 23.2 Å². The highest BCUT2D eigenvalue weighted by Gasteiger charge is 2.27. The van der Waals surface area contributed by atoms with Crippen molar-refractivity contribution in [2.24, 2.45) is 13.0 Å². The molecule has 5 rings (SSSR count). The summed E-state index contributed by atoms with van der Waals surface area (Å²) >= 11 is 0. The molecule has 0 bridgehead atoms. The van der Waals surface area contributed by atoms with Crippen molar-refractivity contribution in [3.8, 4) is 22.8 Å². The number of carbonyl (C=O) groups is 3. The highest BCUT2D eigenvalue weighted by Crippen LogP contribution is 2.21. The van der Waals surface area contributed by atoms with Gasteiger partial charge in [-0.15, -0.1) is 10.2 Å². The maximum absolute atomic E-state index is 13.8. The third kappa shape index (κ3) is 7.33. The van der Waals surface area contributed by atoms with E-state index in [9.17, 15) is 14.4 Å². The summed E-state index contributed by atoms with van der Waals surface area (Å²) in [5, 5.41) is 22.9. The lowest BCUT2D eigenvalue weighted by Gasteiger charge is -2.26. The Kier molecular flexibility index (Phi) is 9.41. The SMILES string of the molecule is CC(C)C[C@H]1NC(=O)CCCN(C(=O)c2ccc(-c3nnn(C)n3)cc2)CCn2nc(-c3ccccc3)nc2[C@@H](C)NC1=O. The lowest BCUT2D eigenvalue weighted by molar-refractivity contribution is -0.129. The molecule has 2 aromatic heterocycles. The Morgan fingerprint density at radius 2 is 1.66 bits per heavy atom. The first-order valence-electron chi connectivity index (χ1n) is 14.9. The molecule has 230 valence electrons. The average Bonchev–Trinajstić information content (AvgIpc) is 3.64. The van der Waals surface area contributed by atoms with E-state index in [0.717, 1.165) is 11.1 Å². The zero-order valence-electron chi connectivity index (χ0n) is 25.5. The number of nitrogens with one attached hydrogen (secondary N) is 2. The number of rotatable bonds is 5. The Labute approximate surface area is 256 Å². The van der Waals surface area contributed by atoms with Crippen LogP contribution in [0.4, 0.5) is 0 Å². The van der Waals surface area contributed by atoms with Crippen LogP contribution >= 0.6 is 0 Å². The summed E-state index contributed by atoms with van der Waals surface area (Å²) < 4.78 is 1.76. The summed E-state index contributed by atoms with van der Waals surface area (Å²) in [5.74, 6) is 1.11. The standard InChI is InChI=1S/C31H38N10O3/c1-20(2)19-25-30(43)32-21(3)29-34-27(22-9-6-5-7-10-22)37-41(29)18-17-40(16-8-11-26(42)33-25)31(44)24-14-12-23(13-15-24)28-35-38-39(4)36-28/h5-7,9-10,12-15,20-21,25H,8,11,16-19H2,1-4H3,(H,32,43)(H,33,42)/t21-,25-/m1/s1. The fourth-order valence-corrected chi connectivity index (χ4v) is 5.20. The molecule has 2 N–H and O–H groups in total. The quantitative estimate of drug-likeness (QED) is 0.356. The van der Waals surface area contributed by atoms with E-state index in [1.165, 1.54) is 4.80 Å². The number of hydrogen-bond donors (Lipinski definition) is 2. The van der Waals surface area contributed by atoms with E-state index in [2.05, 4.69) is 26.0 Å². The number of carbonyl (C=O) groups excluding carboxylic acids is 3. The minimum absolute atomic E-state index is 0.167. The second kappa shape index (κ2) is 13.6. The molecule has 0 fully saturated rings. The van der Waals surface area contributed by atoms with Crippen LogP contribution in [0.2, 0.25) is 0 Å². The molecule has 1 aliphatic heterocycles. The van der Waals surface area contributed by atoms with Gasteiger partial charge < -0.3 is 15.5 Å². The minimum Gasteiger partial charge on any atom is -0.345 e. The number of nitrogens with zero attached hydrogens (tertiary/aromatic N) is 8. The highest BCUT2D eigenvalue weighted by atomic mass is 16.2. The third-order valence-corrected chi connectivity index (χ3v) is 7.44. The van der Waals surface area contributed by atoms with Gasteiger partial charge in [0.2, 0.25) is 17.6 Å². The summed E-state index contributed by atoms with van der Waals surface area (Å²) in [4.78, 5) is 47.9. The average molecular weight is 599 g/mol. The molecule has 2 atom stereocenters. The Bertz CT molecular complexity index is 1600. The van der Waals surface area contributed by atoms with Gasteiger partial charge in [-0.3, -0.25) is 14.4 Å². The summed E-state index contributed by atoms with van der Waals surface area (Å²) in [5.41, 5.74) is 2.10. The normalized spacial score (nSPS) is 18.3. The molecule has 0 spiro atoms. The summed E-state index contributed by atoms with van der Waals surface area (Å²) in [6.07, 6.45) is 1.12. The summed E-state index contributed by atoms with van der Waals surface area (Å²) in [7, 11) is 1.69. The van der Waals surface area contributed by atoms with Gasteiger partial charge >= 0.3 is 0 Å². The van der Waals surface area contributed by atoms with Gasteiger partial charge in [-0.25, -0.2) is 9.67 Å². The maximum Gasteiger partial charge on any atom is 0.253 e. The first-order valence-corrected chi connectivity index (χ1v) is 14.9. The second-order valence-electron chi connectivity index (χ2n) is 11.4. The van der Waals surface area contributed by atoms with Gasteiger partial charge in [0.05, 0.1) is 19.6 Å². The summed E-state index contributed by atoms with van der Waals surface area (Å²) in [6.45, 7) is 6.91. The van der Waals surface area contributed by atoms with E-state index < -0.39 is 12.1 Å². The molecule has 13 nitrogen and oxygen atoms in total. The number of aromatic nitrogens is 7. The zero-order valence-corrected chi connectivity index (χ0v) is 25.5. The fraction of sp³-hybridized carbons (Fsp3) is 0.419. The molecule has 0 saturated carbocycles. The van der Waals surface area contributed by atoms with E-state index in [1.54, 1.807) is 40.9 Å². The van der Waals surface area contributed by atoms with Gasteiger partial charge in [-0.2, -0.15) is 9.90 Å². The van der Waals surface area contributed by atoms with Crippen molar-refractivity contribution in [3.05, 3.63) is 66.0 Å². The number of aryl methyl sites for hydroxylation is 1. The molecule has 3 amide bonds. The molecule has 0 aliphatic carbocycles. The number of hydrogen-bond acceptors (Lipinski definition) is 8. The van der Waals surface area contributed by atoms with Crippen LogP contribution in [0, 0.1) is 5.92 Å². The van der Waals surface area contributed by atoms with E-state index >= 15 is 0 Å². The van der Waals surface area contributed by atoms with Crippen molar-refractivity contribution in [2.75, 3.05) is 13.1 Å². The van der Waals surface area contributed by atoms with Crippen molar-refractivity contribution in [2.45, 2.75) is 58.7 Å². The molecule has 0 unspecified atom stereocenters. The molecule has 1 aliphatic rings. The lowest BCUT2D eigenvalue weighted by atomic mass is 10.0. The second-order valence-corrected chi connectivity index (χ2v) is 11.4. The lowest BCUT2D eigenvalue weighted by Crippen LogP contribution is -2.48. The first kappa shape index (κ1) is 30.5. The van der Waals surface area contributed by atoms with E-state index in [4.69, 9.17) is 10.1 Å². The molecule has 13 heteroatoms. The Morgan fingerprint density at radius 3 is 2.34 bits per heavy atom. The van der Waals surface area contributed by atoms with Crippen LogP contribution in [-0.4, -0.2) is 76.7 Å². The Balaban J connectivity index is 1.44. The fourth-order valence-electron chi connectivity index (χ4n) is 5.20. The number of tetrazole rings is 1. The van der Waals surface area contributed by atoms with Crippen molar-refractivity contribution in [3.63, 3.8) is 0 Å². The van der Waals surface area contributed by atoms with Crippen molar-refractivity contribution in [1.29, 1.82) is 0 Å². The van der Waals surface area contributed by atoms with E-state index in [1.807, 2.05) is 51.1 Å². The molecular formula is C31H38N10O3. The predicted molar refractivity (Wildman–Crippen MR) is 163 cm³/mol. The van der Waals surface area contributed by atoms with Gasteiger partial charge in [-0.1, -0.05) is 56.3 Å². The van der Waals surface area contributed by atoms with Gasteiger partial charge in [-0.05, 0) is 43.0 Å². The van der Waals surface area contributed by atoms with Gasteiger partial charge in [0, 0.05) is 36.2 Å². The maximum atomic E-state index is 13.8. The van der Waals surface area contributed by atoms with Crippen LogP contribution in [0.25, 0.3) is 22.8 Å². The smallest absolute Gasteiger partial charge is 0.253 e. The highest BCUT2D eigenvalue weighted by molar-refractivity contribution is 5.94. The van der Waals surface area contributed by atoms with Gasteiger partial charge in [0.15, 0.2) is 5.82 Å². The van der Waals surface area contributed by atoms with Crippen molar-refractivity contribution < 1.29 is 14.4 Å². The number of amides is 3. The third-order valence-electron chi connectivity index (χ3n) is 7.44. The Hall–Kier alpha value is -4.94. The van der Waals surface area contributed by atoms with Crippen molar-refractivity contribution >= 4 is 17.7 Å². The predicted octanol–water partition coefficient (Wildman–Crippen LogP) is 2.78. The van der Waals surface area contributed by atoms with Gasteiger partial charge in [0.25, 0.3) is 5.91 Å². The molecular weight excluding hydrogens is 560 g/mol. The molecule has 44 heavy (non-hydrogen) atoms. The first-order chi connectivity index (χ1) is 21.2.